The molecule has 0 saturated carbocycles. The van der Waals surface area contributed by atoms with Crippen molar-refractivity contribution in [1.29, 1.82) is 0 Å². The highest BCUT2D eigenvalue weighted by atomic mass is 35.5. The van der Waals surface area contributed by atoms with Crippen LogP contribution in [0.15, 0.2) is 58.5 Å². The van der Waals surface area contributed by atoms with Gasteiger partial charge < -0.3 is 10.3 Å². The summed E-state index contributed by atoms with van der Waals surface area (Å²) in [5, 5.41) is 0.621. The van der Waals surface area contributed by atoms with Crippen LogP contribution in [0, 0.1) is 13.8 Å². The Balaban J connectivity index is 2.13. The number of aromatic nitrogens is 1. The molecule has 1 aliphatic rings. The molecule has 5 nitrogen and oxygen atoms in total. The monoisotopic (exact) mass is 437 g/mol. The summed E-state index contributed by atoms with van der Waals surface area (Å²) in [6, 6.07) is 8.18. The van der Waals surface area contributed by atoms with Crippen molar-refractivity contribution in [3.8, 4) is 10.4 Å². The number of primary amides is 1. The smallest absolute Gasteiger partial charge is 0.250 e. The number of hydrogen-bond donors (Lipinski definition) is 1. The van der Waals surface area contributed by atoms with Crippen molar-refractivity contribution in [3.05, 3.63) is 91.2 Å². The van der Waals surface area contributed by atoms with Gasteiger partial charge in [0.1, 0.15) is 6.04 Å². The molecule has 0 saturated heterocycles. The predicted octanol–water partition coefficient (Wildman–Crippen LogP) is 4.32. The second-order valence-corrected chi connectivity index (χ2v) is 9.02. The summed E-state index contributed by atoms with van der Waals surface area (Å²) in [6.07, 6.45) is 1.80. The van der Waals surface area contributed by atoms with E-state index in [2.05, 4.69) is 20.4 Å². The van der Waals surface area contributed by atoms with E-state index in [1.807, 2.05) is 12.1 Å². The molecular weight excluding hydrogens is 418 g/mol. The maximum atomic E-state index is 12.5. The number of benzene rings is 1. The zero-order valence-corrected chi connectivity index (χ0v) is 18.4. The number of nitrogens with two attached hydrogens (primary N) is 1. The first-order valence-electron chi connectivity index (χ1n) is 9.32. The van der Waals surface area contributed by atoms with Crippen molar-refractivity contribution >= 4 is 34.6 Å². The molecule has 2 N–H and O–H groups in total. The van der Waals surface area contributed by atoms with Crippen LogP contribution in [-0.4, -0.2) is 16.2 Å². The van der Waals surface area contributed by atoms with Crippen molar-refractivity contribution < 1.29 is 4.79 Å². The molecule has 152 valence electrons. The van der Waals surface area contributed by atoms with Gasteiger partial charge in [-0.25, -0.2) is 0 Å². The van der Waals surface area contributed by atoms with Crippen molar-refractivity contribution in [2.45, 2.75) is 19.9 Å². The normalized spacial score (nSPS) is 15.1. The Hall–Kier alpha value is -2.96. The lowest BCUT2D eigenvalue weighted by Crippen LogP contribution is -2.22. The van der Waals surface area contributed by atoms with E-state index in [1.54, 1.807) is 36.7 Å². The SMILES string of the molecule is C=C(C(N)=O)[C@@H]1N=C(c2ccc(Cl)cc2)c2c(sc(C)c2C)-c2cn(C)c(=O)cc21. The maximum Gasteiger partial charge on any atom is 0.250 e. The molecule has 7 heteroatoms. The average Bonchev–Trinajstić information content (AvgIpc) is 2.92. The zero-order chi connectivity index (χ0) is 21.7. The lowest BCUT2D eigenvalue weighted by Gasteiger charge is -2.17. The summed E-state index contributed by atoms with van der Waals surface area (Å²) >= 11 is 7.74. The van der Waals surface area contributed by atoms with Crippen LogP contribution in [0.3, 0.4) is 0 Å². The van der Waals surface area contributed by atoms with Gasteiger partial charge in [-0.1, -0.05) is 30.3 Å². The van der Waals surface area contributed by atoms with Crippen molar-refractivity contribution in [1.82, 2.24) is 4.57 Å². The second kappa shape index (κ2) is 7.38. The van der Waals surface area contributed by atoms with Crippen LogP contribution in [0.2, 0.25) is 5.02 Å². The minimum atomic E-state index is -0.753. The van der Waals surface area contributed by atoms with E-state index in [4.69, 9.17) is 22.3 Å². The first kappa shape index (κ1) is 20.3. The van der Waals surface area contributed by atoms with Gasteiger partial charge in [-0.2, -0.15) is 0 Å². The van der Waals surface area contributed by atoms with Crippen LogP contribution in [-0.2, 0) is 11.8 Å². The third-order valence-corrected chi connectivity index (χ3v) is 6.94. The summed E-state index contributed by atoms with van der Waals surface area (Å²) in [4.78, 5) is 31.6. The number of aliphatic imine (C=N–C) groups is 1. The minimum absolute atomic E-state index is 0.139. The van der Waals surface area contributed by atoms with Crippen LogP contribution >= 0.6 is 22.9 Å². The van der Waals surface area contributed by atoms with E-state index in [0.29, 0.717) is 10.6 Å². The van der Waals surface area contributed by atoms with Gasteiger partial charge in [0.2, 0.25) is 5.91 Å². The molecule has 4 rings (SSSR count). The molecule has 1 aromatic carbocycles. The number of carbonyl (C=O) groups excluding carboxylic acids is 1. The molecule has 0 unspecified atom stereocenters. The van der Waals surface area contributed by atoms with Gasteiger partial charge in [-0.3, -0.25) is 14.6 Å². The van der Waals surface area contributed by atoms with Gasteiger partial charge in [0, 0.05) is 56.4 Å². The Kier molecular flexibility index (Phi) is 5.00. The van der Waals surface area contributed by atoms with Gasteiger partial charge in [0.15, 0.2) is 0 Å². The molecule has 0 radical (unpaired) electrons. The second-order valence-electron chi connectivity index (χ2n) is 7.36. The minimum Gasteiger partial charge on any atom is -0.366 e. The van der Waals surface area contributed by atoms with Crippen LogP contribution in [0.4, 0.5) is 0 Å². The Morgan fingerprint density at radius 1 is 1.27 bits per heavy atom. The summed E-state index contributed by atoms with van der Waals surface area (Å²) < 4.78 is 1.53. The number of hydrogen-bond acceptors (Lipinski definition) is 4. The molecule has 30 heavy (non-hydrogen) atoms. The predicted molar refractivity (Wildman–Crippen MR) is 123 cm³/mol. The van der Waals surface area contributed by atoms with E-state index in [-0.39, 0.29) is 11.1 Å². The Morgan fingerprint density at radius 2 is 1.93 bits per heavy atom. The van der Waals surface area contributed by atoms with E-state index in [0.717, 1.165) is 37.7 Å². The first-order chi connectivity index (χ1) is 14.2. The fraction of sp³-hybridized carbons (Fsp3) is 0.174. The highest BCUT2D eigenvalue weighted by Crippen LogP contribution is 2.45. The number of halogens is 1. The Morgan fingerprint density at radius 3 is 2.57 bits per heavy atom. The van der Waals surface area contributed by atoms with E-state index >= 15 is 0 Å². The molecule has 1 atom stereocenters. The molecule has 0 aliphatic carbocycles. The van der Waals surface area contributed by atoms with Crippen molar-refractivity contribution in [3.63, 3.8) is 0 Å². The van der Waals surface area contributed by atoms with Crippen LogP contribution in [0.25, 0.3) is 10.4 Å². The number of rotatable bonds is 3. The van der Waals surface area contributed by atoms with Gasteiger partial charge in [-0.15, -0.1) is 11.3 Å². The highest BCUT2D eigenvalue weighted by Gasteiger charge is 2.31. The van der Waals surface area contributed by atoms with Gasteiger partial charge >= 0.3 is 0 Å². The van der Waals surface area contributed by atoms with E-state index in [1.165, 1.54) is 10.6 Å². The quantitative estimate of drug-likeness (QED) is 0.619. The summed E-state index contributed by atoms with van der Waals surface area (Å²) in [6.45, 7) is 8.01. The summed E-state index contributed by atoms with van der Waals surface area (Å²) in [7, 11) is 1.71. The van der Waals surface area contributed by atoms with E-state index in [9.17, 15) is 9.59 Å². The molecule has 0 fully saturated rings. The number of thiophene rings is 1. The molecule has 1 amide bonds. The number of fused-ring (bicyclic) bond motifs is 3. The first-order valence-corrected chi connectivity index (χ1v) is 10.5. The third-order valence-electron chi connectivity index (χ3n) is 5.44. The van der Waals surface area contributed by atoms with Gasteiger partial charge in [0.25, 0.3) is 5.56 Å². The maximum absolute atomic E-state index is 12.5. The molecule has 3 aromatic rings. The van der Waals surface area contributed by atoms with Crippen LogP contribution < -0.4 is 11.3 Å². The fourth-order valence-electron chi connectivity index (χ4n) is 3.65. The zero-order valence-electron chi connectivity index (χ0n) is 16.8. The van der Waals surface area contributed by atoms with Crippen molar-refractivity contribution in [2.24, 2.45) is 17.8 Å². The summed E-state index contributed by atoms with van der Waals surface area (Å²) in [5.41, 5.74) is 10.7. The fourth-order valence-corrected chi connectivity index (χ4v) is 4.97. The molecular formula is C23H20ClN3O2S. The molecule has 0 bridgehead atoms. The van der Waals surface area contributed by atoms with Crippen molar-refractivity contribution in [2.75, 3.05) is 0 Å². The number of amides is 1. The average molecular weight is 438 g/mol. The van der Waals surface area contributed by atoms with E-state index < -0.39 is 11.9 Å². The molecule has 0 spiro atoms. The van der Waals surface area contributed by atoms with Gasteiger partial charge in [-0.05, 0) is 37.1 Å². The highest BCUT2D eigenvalue weighted by molar-refractivity contribution is 7.16. The van der Waals surface area contributed by atoms with Gasteiger partial charge in [0.05, 0.1) is 5.71 Å². The number of carbonyl (C=O) groups is 1. The number of pyridine rings is 1. The molecule has 1 aliphatic heterocycles. The molecule has 3 heterocycles. The topological polar surface area (TPSA) is 77.5 Å². The standard InChI is InChI=1S/C23H20ClN3O2S/c1-11-13(3)30-22-17-10-27(4)18(28)9-16(17)20(12(2)23(25)29)26-21(19(11)22)14-5-7-15(24)8-6-14/h5-10,20H,2H2,1,3-4H3,(H2,25,29)/t20-/m0/s1. The lowest BCUT2D eigenvalue weighted by molar-refractivity contribution is -0.114. The van der Waals surface area contributed by atoms with Crippen LogP contribution in [0.1, 0.15) is 33.2 Å². The Labute approximate surface area is 183 Å². The molecule has 2 aromatic heterocycles. The lowest BCUT2D eigenvalue weighted by atomic mass is 9.94. The largest absolute Gasteiger partial charge is 0.366 e. The summed E-state index contributed by atoms with van der Waals surface area (Å²) in [5.74, 6) is -0.649. The third kappa shape index (κ3) is 3.22. The Bertz CT molecular complexity index is 1300. The number of nitrogens with zero attached hydrogens (tertiary/aromatic N) is 2. The number of aryl methyl sites for hydroxylation is 2. The van der Waals surface area contributed by atoms with Crippen LogP contribution in [0.5, 0.6) is 0 Å².